The van der Waals surface area contributed by atoms with Crippen molar-refractivity contribution in [2.24, 2.45) is 0 Å². The van der Waals surface area contributed by atoms with Gasteiger partial charge in [0.05, 0.1) is 10.2 Å². The number of nitrogens with zero attached hydrogens (tertiary/aromatic N) is 3. The van der Waals surface area contributed by atoms with Crippen LogP contribution >= 0.6 is 22.9 Å². The van der Waals surface area contributed by atoms with Crippen molar-refractivity contribution in [1.29, 1.82) is 0 Å². The Balaban J connectivity index is 1.76. The molecule has 1 amide bonds. The summed E-state index contributed by atoms with van der Waals surface area (Å²) in [5, 5.41) is 1.34. The fraction of sp³-hybridized carbons (Fsp3) is 0.333. The Hall–Kier alpha value is -2.15. The average molecular weight is 418 g/mol. The van der Waals surface area contributed by atoms with Crippen LogP contribution in [0, 0.1) is 6.92 Å². The van der Waals surface area contributed by atoms with Crippen molar-refractivity contribution in [2.75, 3.05) is 38.7 Å². The molecule has 0 aliphatic heterocycles. The number of anilines is 1. The number of ether oxygens (including phenoxy) is 1. The number of hydrogen-bond acceptors (Lipinski definition) is 5. The highest BCUT2D eigenvalue weighted by atomic mass is 35.5. The molecule has 0 saturated heterocycles. The van der Waals surface area contributed by atoms with Crippen LogP contribution in [0.1, 0.15) is 12.0 Å². The van der Waals surface area contributed by atoms with Crippen LogP contribution in [0.15, 0.2) is 42.5 Å². The first-order chi connectivity index (χ1) is 13.4. The van der Waals surface area contributed by atoms with E-state index in [1.54, 1.807) is 4.90 Å². The molecule has 1 heterocycles. The van der Waals surface area contributed by atoms with Gasteiger partial charge in [-0.05, 0) is 64.3 Å². The summed E-state index contributed by atoms with van der Waals surface area (Å²) in [6.45, 7) is 3.46. The highest BCUT2D eigenvalue weighted by Crippen LogP contribution is 2.31. The van der Waals surface area contributed by atoms with Crippen LogP contribution in [0.3, 0.4) is 0 Å². The molecule has 28 heavy (non-hydrogen) atoms. The third-order valence-corrected chi connectivity index (χ3v) is 5.52. The molecule has 148 valence electrons. The van der Waals surface area contributed by atoms with Gasteiger partial charge >= 0.3 is 0 Å². The molecule has 2 aromatic carbocycles. The van der Waals surface area contributed by atoms with Crippen molar-refractivity contribution < 1.29 is 9.53 Å². The van der Waals surface area contributed by atoms with E-state index in [0.29, 0.717) is 22.4 Å². The number of aryl methyl sites for hydroxylation is 1. The van der Waals surface area contributed by atoms with Gasteiger partial charge in [0.1, 0.15) is 5.75 Å². The van der Waals surface area contributed by atoms with E-state index >= 15 is 0 Å². The third kappa shape index (κ3) is 5.44. The first-order valence-electron chi connectivity index (χ1n) is 9.13. The molecule has 0 radical (unpaired) electrons. The standard InChI is InChI=1S/C21H24ClN3O2S/c1-15-5-8-17(9-6-15)27-14-20(26)25(12-4-11-24(2)3)21-23-18-10-7-16(22)13-19(18)28-21/h5-10,13H,4,11-12,14H2,1-3H3. The zero-order chi connectivity index (χ0) is 20.1. The Morgan fingerprint density at radius 1 is 1.14 bits per heavy atom. The van der Waals surface area contributed by atoms with E-state index in [4.69, 9.17) is 16.3 Å². The van der Waals surface area contributed by atoms with E-state index in [9.17, 15) is 4.79 Å². The molecule has 0 aliphatic rings. The highest BCUT2D eigenvalue weighted by Gasteiger charge is 2.20. The molecule has 0 aliphatic carbocycles. The largest absolute Gasteiger partial charge is 0.484 e. The minimum absolute atomic E-state index is 0.0261. The number of halogens is 1. The summed E-state index contributed by atoms with van der Waals surface area (Å²) in [5.74, 6) is 0.577. The minimum atomic E-state index is -0.107. The van der Waals surface area contributed by atoms with Crippen molar-refractivity contribution in [3.63, 3.8) is 0 Å². The predicted molar refractivity (Wildman–Crippen MR) is 117 cm³/mol. The van der Waals surface area contributed by atoms with Crippen molar-refractivity contribution in [3.05, 3.63) is 53.1 Å². The summed E-state index contributed by atoms with van der Waals surface area (Å²) in [4.78, 5) is 21.4. The monoisotopic (exact) mass is 417 g/mol. The molecular formula is C21H24ClN3O2S. The molecule has 0 bridgehead atoms. The molecule has 5 nitrogen and oxygen atoms in total. The summed E-state index contributed by atoms with van der Waals surface area (Å²) in [5.41, 5.74) is 1.99. The Bertz CT molecular complexity index is 940. The van der Waals surface area contributed by atoms with Crippen LogP contribution in [0.4, 0.5) is 5.13 Å². The van der Waals surface area contributed by atoms with E-state index in [1.165, 1.54) is 11.3 Å². The molecule has 1 aromatic heterocycles. The third-order valence-electron chi connectivity index (χ3n) is 4.24. The SMILES string of the molecule is Cc1ccc(OCC(=O)N(CCCN(C)C)c2nc3ccc(Cl)cc3s2)cc1. The zero-order valence-corrected chi connectivity index (χ0v) is 17.9. The summed E-state index contributed by atoms with van der Waals surface area (Å²) in [6.07, 6.45) is 0.847. The van der Waals surface area contributed by atoms with Crippen LogP contribution < -0.4 is 9.64 Å². The molecule has 0 saturated carbocycles. The second-order valence-corrected chi connectivity index (χ2v) is 8.36. The van der Waals surface area contributed by atoms with Gasteiger partial charge in [-0.25, -0.2) is 4.98 Å². The second-order valence-electron chi connectivity index (χ2n) is 6.91. The summed E-state index contributed by atoms with van der Waals surface area (Å²) in [7, 11) is 4.04. The van der Waals surface area contributed by atoms with Gasteiger partial charge in [0.15, 0.2) is 11.7 Å². The lowest BCUT2D eigenvalue weighted by atomic mass is 10.2. The number of aromatic nitrogens is 1. The number of rotatable bonds is 8. The zero-order valence-electron chi connectivity index (χ0n) is 16.3. The van der Waals surface area contributed by atoms with Gasteiger partial charge in [0.25, 0.3) is 5.91 Å². The molecule has 3 rings (SSSR count). The predicted octanol–water partition coefficient (Wildman–Crippen LogP) is 4.62. The lowest BCUT2D eigenvalue weighted by molar-refractivity contribution is -0.120. The highest BCUT2D eigenvalue weighted by molar-refractivity contribution is 7.22. The fourth-order valence-electron chi connectivity index (χ4n) is 2.73. The van der Waals surface area contributed by atoms with Crippen LogP contribution in [0.5, 0.6) is 5.75 Å². The van der Waals surface area contributed by atoms with E-state index in [-0.39, 0.29) is 12.5 Å². The topological polar surface area (TPSA) is 45.7 Å². The Morgan fingerprint density at radius 3 is 2.61 bits per heavy atom. The van der Waals surface area contributed by atoms with E-state index < -0.39 is 0 Å². The molecule has 3 aromatic rings. The Labute approximate surface area is 174 Å². The molecule has 0 fully saturated rings. The second kappa shape index (κ2) is 9.37. The van der Waals surface area contributed by atoms with E-state index in [2.05, 4.69) is 9.88 Å². The lowest BCUT2D eigenvalue weighted by Gasteiger charge is -2.21. The quantitative estimate of drug-likeness (QED) is 0.536. The summed E-state index contributed by atoms with van der Waals surface area (Å²) >= 11 is 7.56. The van der Waals surface area contributed by atoms with Crippen molar-refractivity contribution >= 4 is 44.2 Å². The first-order valence-corrected chi connectivity index (χ1v) is 10.3. The Morgan fingerprint density at radius 2 is 1.89 bits per heavy atom. The van der Waals surface area contributed by atoms with Crippen molar-refractivity contribution in [1.82, 2.24) is 9.88 Å². The van der Waals surface area contributed by atoms with Gasteiger partial charge in [0, 0.05) is 11.6 Å². The molecule has 0 spiro atoms. The normalized spacial score (nSPS) is 11.2. The van der Waals surface area contributed by atoms with Gasteiger partial charge in [-0.2, -0.15) is 0 Å². The average Bonchev–Trinajstić information content (AvgIpc) is 3.07. The van der Waals surface area contributed by atoms with Crippen molar-refractivity contribution in [3.8, 4) is 5.75 Å². The molecule has 0 N–H and O–H groups in total. The van der Waals surface area contributed by atoms with Gasteiger partial charge in [0.2, 0.25) is 0 Å². The Kier molecular flexibility index (Phi) is 6.88. The van der Waals surface area contributed by atoms with E-state index in [1.807, 2.05) is 63.5 Å². The maximum absolute atomic E-state index is 12.9. The molecule has 0 unspecified atom stereocenters. The number of fused-ring (bicyclic) bond motifs is 1. The van der Waals surface area contributed by atoms with Gasteiger partial charge in [-0.15, -0.1) is 0 Å². The summed E-state index contributed by atoms with van der Waals surface area (Å²) in [6, 6.07) is 13.2. The molecule has 7 heteroatoms. The van der Waals surface area contributed by atoms with Gasteiger partial charge in [-0.1, -0.05) is 40.6 Å². The molecule has 0 atom stereocenters. The van der Waals surface area contributed by atoms with Crippen molar-refractivity contribution in [2.45, 2.75) is 13.3 Å². The number of hydrogen-bond donors (Lipinski definition) is 0. The lowest BCUT2D eigenvalue weighted by Crippen LogP contribution is -2.36. The number of carbonyl (C=O) groups excluding carboxylic acids is 1. The number of carbonyl (C=O) groups is 1. The van der Waals surface area contributed by atoms with Gasteiger partial charge < -0.3 is 9.64 Å². The molecular weight excluding hydrogens is 394 g/mol. The van der Waals surface area contributed by atoms with E-state index in [0.717, 1.165) is 28.7 Å². The van der Waals surface area contributed by atoms with Crippen LogP contribution in [0.25, 0.3) is 10.2 Å². The maximum Gasteiger partial charge on any atom is 0.266 e. The number of amides is 1. The number of benzene rings is 2. The number of thiazole rings is 1. The minimum Gasteiger partial charge on any atom is -0.484 e. The van der Waals surface area contributed by atoms with Crippen LogP contribution in [-0.4, -0.2) is 49.6 Å². The van der Waals surface area contributed by atoms with Gasteiger partial charge in [-0.3, -0.25) is 9.69 Å². The smallest absolute Gasteiger partial charge is 0.266 e. The van der Waals surface area contributed by atoms with Crippen LogP contribution in [0.2, 0.25) is 5.02 Å². The van der Waals surface area contributed by atoms with Crippen LogP contribution in [-0.2, 0) is 4.79 Å². The summed E-state index contributed by atoms with van der Waals surface area (Å²) < 4.78 is 6.67. The maximum atomic E-state index is 12.9. The fourth-order valence-corrected chi connectivity index (χ4v) is 4.02. The first kappa shape index (κ1) is 20.6.